The molecule has 26 heavy (non-hydrogen) atoms. The smallest absolute Gasteiger partial charge is 0.205 e. The molecule has 6 nitrogen and oxygen atoms in total. The van der Waals surface area contributed by atoms with E-state index >= 15 is 0 Å². The molecule has 0 bridgehead atoms. The van der Waals surface area contributed by atoms with E-state index in [1.165, 1.54) is 6.07 Å². The zero-order valence-corrected chi connectivity index (χ0v) is 14.7. The van der Waals surface area contributed by atoms with Gasteiger partial charge in [-0.1, -0.05) is 6.07 Å². The van der Waals surface area contributed by atoms with Gasteiger partial charge in [0.15, 0.2) is 0 Å². The minimum atomic E-state index is -0.480. The molecule has 3 N–H and O–H groups in total. The molecule has 2 aromatic rings. The lowest BCUT2D eigenvalue weighted by molar-refractivity contribution is 0.325. The molecule has 0 saturated carbocycles. The van der Waals surface area contributed by atoms with Crippen LogP contribution >= 0.6 is 0 Å². The Hall–Kier alpha value is -3.33. The average Bonchev–Trinajstić information content (AvgIpc) is 2.62. The summed E-state index contributed by atoms with van der Waals surface area (Å²) in [7, 11) is 0. The predicted octanol–water partition coefficient (Wildman–Crippen LogP) is 3.41. The quantitative estimate of drug-likeness (QED) is 0.856. The number of hydrogen-bond acceptors (Lipinski definition) is 6. The van der Waals surface area contributed by atoms with Crippen molar-refractivity contribution in [2.75, 3.05) is 13.2 Å². The molecule has 0 fully saturated rings. The molecule has 0 aliphatic carbocycles. The molecular weight excluding hydrogens is 332 g/mol. The van der Waals surface area contributed by atoms with Crippen molar-refractivity contribution in [2.24, 2.45) is 5.73 Å². The van der Waals surface area contributed by atoms with Gasteiger partial charge >= 0.3 is 0 Å². The highest BCUT2D eigenvalue weighted by Crippen LogP contribution is 2.46. The third-order valence-electron chi connectivity index (χ3n) is 4.11. The number of nitrogens with two attached hydrogens (primary N) is 1. The topological polar surface area (TPSA) is 97.7 Å². The Morgan fingerprint density at radius 1 is 1.12 bits per heavy atom. The Labute approximate surface area is 152 Å². The average molecular weight is 352 g/mol. The fraction of sp³-hybridized carbons (Fsp3) is 0.250. The molecule has 1 aliphatic heterocycles. The number of fused-ring (bicyclic) bond motifs is 1. The molecule has 6 heteroatoms. The fourth-order valence-electron chi connectivity index (χ4n) is 3.06. The van der Waals surface area contributed by atoms with Crippen molar-refractivity contribution >= 4 is 0 Å². The van der Waals surface area contributed by atoms with E-state index in [0.29, 0.717) is 30.5 Å². The summed E-state index contributed by atoms with van der Waals surface area (Å²) < 4.78 is 16.9. The summed E-state index contributed by atoms with van der Waals surface area (Å²) in [6.07, 6.45) is 0. The van der Waals surface area contributed by atoms with Crippen LogP contribution in [-0.2, 0) is 0 Å². The van der Waals surface area contributed by atoms with Gasteiger partial charge in [0.05, 0.1) is 19.1 Å². The van der Waals surface area contributed by atoms with Crippen molar-refractivity contribution < 1.29 is 19.3 Å². The van der Waals surface area contributed by atoms with Crippen LogP contribution in [0.3, 0.4) is 0 Å². The summed E-state index contributed by atoms with van der Waals surface area (Å²) >= 11 is 0. The minimum Gasteiger partial charge on any atom is -0.508 e. The number of rotatable bonds is 5. The number of nitrogens with zero attached hydrogens (tertiary/aromatic N) is 1. The first-order valence-corrected chi connectivity index (χ1v) is 8.39. The lowest BCUT2D eigenvalue weighted by Gasteiger charge is -2.28. The number of nitriles is 1. The second-order valence-electron chi connectivity index (χ2n) is 5.71. The van der Waals surface area contributed by atoms with E-state index in [9.17, 15) is 10.4 Å². The third-order valence-corrected chi connectivity index (χ3v) is 4.11. The van der Waals surface area contributed by atoms with Crippen LogP contribution in [-0.4, -0.2) is 18.3 Å². The second kappa shape index (κ2) is 7.28. The van der Waals surface area contributed by atoms with E-state index in [1.54, 1.807) is 12.1 Å². The van der Waals surface area contributed by atoms with Crippen molar-refractivity contribution in [1.29, 1.82) is 5.26 Å². The summed E-state index contributed by atoms with van der Waals surface area (Å²) in [6, 6.07) is 12.4. The molecule has 3 rings (SSSR count). The normalized spacial score (nSPS) is 15.7. The van der Waals surface area contributed by atoms with Crippen LogP contribution in [0.4, 0.5) is 0 Å². The molecule has 134 valence electrons. The second-order valence-corrected chi connectivity index (χ2v) is 5.71. The van der Waals surface area contributed by atoms with Crippen molar-refractivity contribution in [3.63, 3.8) is 0 Å². The van der Waals surface area contributed by atoms with Crippen LogP contribution in [0.5, 0.6) is 23.0 Å². The van der Waals surface area contributed by atoms with Gasteiger partial charge in [-0.2, -0.15) is 5.26 Å². The Bertz CT molecular complexity index is 899. The van der Waals surface area contributed by atoms with E-state index in [0.717, 1.165) is 11.1 Å². The maximum atomic E-state index is 9.76. The zero-order chi connectivity index (χ0) is 18.7. The summed E-state index contributed by atoms with van der Waals surface area (Å²) in [4.78, 5) is 0. The predicted molar refractivity (Wildman–Crippen MR) is 96.2 cm³/mol. The summed E-state index contributed by atoms with van der Waals surface area (Å²) in [5.74, 6) is 1.32. The molecular formula is C20H20N2O4. The van der Waals surface area contributed by atoms with Crippen LogP contribution < -0.4 is 19.9 Å². The molecule has 0 saturated heterocycles. The van der Waals surface area contributed by atoms with Crippen LogP contribution in [0, 0.1) is 11.3 Å². The molecule has 1 aliphatic rings. The van der Waals surface area contributed by atoms with Gasteiger partial charge in [-0.3, -0.25) is 0 Å². The van der Waals surface area contributed by atoms with Gasteiger partial charge in [0, 0.05) is 17.2 Å². The van der Waals surface area contributed by atoms with Gasteiger partial charge in [0.2, 0.25) is 5.88 Å². The van der Waals surface area contributed by atoms with Gasteiger partial charge < -0.3 is 25.1 Å². The maximum absolute atomic E-state index is 9.76. The first-order valence-electron chi connectivity index (χ1n) is 8.39. The van der Waals surface area contributed by atoms with Crippen LogP contribution in [0.15, 0.2) is 47.9 Å². The Morgan fingerprint density at radius 2 is 1.88 bits per heavy atom. The highest BCUT2D eigenvalue weighted by molar-refractivity contribution is 5.60. The van der Waals surface area contributed by atoms with Crippen molar-refractivity contribution in [3.8, 4) is 29.1 Å². The van der Waals surface area contributed by atoms with Crippen LogP contribution in [0.2, 0.25) is 0 Å². The summed E-state index contributed by atoms with van der Waals surface area (Å²) in [6.45, 7) is 4.80. The van der Waals surface area contributed by atoms with Gasteiger partial charge in [0.25, 0.3) is 0 Å². The number of phenolic OH excluding ortho intramolecular Hbond substituents is 1. The fourth-order valence-corrected chi connectivity index (χ4v) is 3.06. The zero-order valence-electron chi connectivity index (χ0n) is 14.7. The first kappa shape index (κ1) is 17.5. The minimum absolute atomic E-state index is 0.0138. The third kappa shape index (κ3) is 3.11. The van der Waals surface area contributed by atoms with E-state index in [1.807, 2.05) is 32.0 Å². The van der Waals surface area contributed by atoms with E-state index in [2.05, 4.69) is 6.07 Å². The van der Waals surface area contributed by atoms with Gasteiger partial charge in [0.1, 0.15) is 34.6 Å². The molecule has 1 atom stereocenters. The highest BCUT2D eigenvalue weighted by atomic mass is 16.5. The standard InChI is InChI=1S/C20H20N2O4/c1-3-24-13-6-8-17(25-4-2)15(10-13)19-14-7-5-12(23)9-18(14)26-20(22)16(19)11-21/h5-10,19,23H,3-4,22H2,1-2H3/t19-/m1/s1. The molecule has 1 heterocycles. The SMILES string of the molecule is CCOc1ccc(OCC)c([C@@H]2C(C#N)=C(N)Oc3cc(O)ccc32)c1. The van der Waals surface area contributed by atoms with Gasteiger partial charge in [-0.15, -0.1) is 0 Å². The first-order chi connectivity index (χ1) is 12.6. The largest absolute Gasteiger partial charge is 0.508 e. The lowest BCUT2D eigenvalue weighted by Crippen LogP contribution is -2.21. The van der Waals surface area contributed by atoms with E-state index < -0.39 is 5.92 Å². The van der Waals surface area contributed by atoms with Crippen LogP contribution in [0.25, 0.3) is 0 Å². The molecule has 0 spiro atoms. The Morgan fingerprint density at radius 3 is 2.58 bits per heavy atom. The maximum Gasteiger partial charge on any atom is 0.205 e. The van der Waals surface area contributed by atoms with Gasteiger partial charge in [-0.25, -0.2) is 0 Å². The van der Waals surface area contributed by atoms with E-state index in [4.69, 9.17) is 19.9 Å². The molecule has 0 aromatic heterocycles. The number of hydrogen-bond donors (Lipinski definition) is 2. The Kier molecular flexibility index (Phi) is 4.90. The van der Waals surface area contributed by atoms with Crippen molar-refractivity contribution in [3.05, 3.63) is 59.0 Å². The molecule has 0 unspecified atom stereocenters. The molecule has 2 aromatic carbocycles. The Balaban J connectivity index is 2.23. The number of benzene rings is 2. The number of ether oxygens (including phenoxy) is 3. The lowest BCUT2D eigenvalue weighted by atomic mass is 9.83. The van der Waals surface area contributed by atoms with Crippen LogP contribution in [0.1, 0.15) is 30.9 Å². The monoisotopic (exact) mass is 352 g/mol. The number of allylic oxidation sites excluding steroid dienone is 1. The molecule has 0 amide bonds. The molecule has 0 radical (unpaired) electrons. The highest BCUT2D eigenvalue weighted by Gasteiger charge is 2.33. The van der Waals surface area contributed by atoms with Crippen molar-refractivity contribution in [2.45, 2.75) is 19.8 Å². The number of phenols is 1. The van der Waals surface area contributed by atoms with E-state index in [-0.39, 0.29) is 17.2 Å². The summed E-state index contributed by atoms with van der Waals surface area (Å²) in [5, 5.41) is 19.4. The number of aromatic hydroxyl groups is 1. The summed E-state index contributed by atoms with van der Waals surface area (Å²) in [5.41, 5.74) is 7.76. The van der Waals surface area contributed by atoms with Gasteiger partial charge in [-0.05, 0) is 38.1 Å². The van der Waals surface area contributed by atoms with Crippen molar-refractivity contribution in [1.82, 2.24) is 0 Å².